The Bertz CT molecular complexity index is 525. The van der Waals surface area contributed by atoms with Crippen LogP contribution in [0.25, 0.3) is 17.0 Å². The van der Waals surface area contributed by atoms with Crippen LogP contribution in [0.1, 0.15) is 16.1 Å². The Morgan fingerprint density at radius 2 is 2.20 bits per heavy atom. The predicted octanol–water partition coefficient (Wildman–Crippen LogP) is 2.17. The van der Waals surface area contributed by atoms with Gasteiger partial charge in [0.15, 0.2) is 0 Å². The van der Waals surface area contributed by atoms with Gasteiger partial charge in [-0.3, -0.25) is 4.79 Å². The molecule has 3 nitrogen and oxygen atoms in total. The molecule has 0 unspecified atom stereocenters. The van der Waals surface area contributed by atoms with Crippen LogP contribution in [0.4, 0.5) is 0 Å². The lowest BCUT2D eigenvalue weighted by Gasteiger charge is -1.97. The van der Waals surface area contributed by atoms with Gasteiger partial charge in [0.1, 0.15) is 5.69 Å². The molecule has 0 aliphatic rings. The number of amides is 1. The van der Waals surface area contributed by atoms with E-state index in [0.29, 0.717) is 5.69 Å². The number of hydrogen-bond acceptors (Lipinski definition) is 1. The maximum absolute atomic E-state index is 11.6. The summed E-state index contributed by atoms with van der Waals surface area (Å²) in [6, 6.07) is 7.78. The highest BCUT2D eigenvalue weighted by molar-refractivity contribution is 6.04. The first-order chi connectivity index (χ1) is 7.27. The molecule has 0 bridgehead atoms. The standard InChI is InChI=1S/C12H12N2O/c1-3-8-9-6-4-5-7-10(9)14-11(8)12(15)13-2/h3-7,14H,1H2,2H3,(H,13,15). The zero-order chi connectivity index (χ0) is 10.8. The molecule has 15 heavy (non-hydrogen) atoms. The third-order valence-electron chi connectivity index (χ3n) is 2.40. The second-order valence-corrected chi connectivity index (χ2v) is 3.24. The molecule has 76 valence electrons. The summed E-state index contributed by atoms with van der Waals surface area (Å²) in [5.41, 5.74) is 2.37. The number of para-hydroxylation sites is 1. The minimum Gasteiger partial charge on any atom is -0.354 e. The van der Waals surface area contributed by atoms with E-state index < -0.39 is 0 Å². The molecule has 0 atom stereocenters. The lowest BCUT2D eigenvalue weighted by Crippen LogP contribution is -2.19. The summed E-state index contributed by atoms with van der Waals surface area (Å²) in [5, 5.41) is 3.62. The molecule has 0 radical (unpaired) electrons. The zero-order valence-corrected chi connectivity index (χ0v) is 8.50. The minimum atomic E-state index is -0.124. The average Bonchev–Trinajstić information content (AvgIpc) is 2.66. The van der Waals surface area contributed by atoms with E-state index in [1.807, 2.05) is 24.3 Å². The number of aromatic amines is 1. The molecule has 2 aromatic rings. The van der Waals surface area contributed by atoms with Crippen molar-refractivity contribution in [1.82, 2.24) is 10.3 Å². The highest BCUT2D eigenvalue weighted by atomic mass is 16.1. The predicted molar refractivity (Wildman–Crippen MR) is 61.8 cm³/mol. The molecule has 0 aliphatic carbocycles. The van der Waals surface area contributed by atoms with Crippen molar-refractivity contribution in [2.24, 2.45) is 0 Å². The van der Waals surface area contributed by atoms with Crippen molar-refractivity contribution < 1.29 is 4.79 Å². The van der Waals surface area contributed by atoms with E-state index in [1.165, 1.54) is 0 Å². The quantitative estimate of drug-likeness (QED) is 0.766. The molecule has 1 aromatic carbocycles. The van der Waals surface area contributed by atoms with E-state index in [2.05, 4.69) is 16.9 Å². The maximum Gasteiger partial charge on any atom is 0.268 e. The van der Waals surface area contributed by atoms with Crippen LogP contribution in [-0.2, 0) is 0 Å². The van der Waals surface area contributed by atoms with Crippen LogP contribution in [0.5, 0.6) is 0 Å². The zero-order valence-electron chi connectivity index (χ0n) is 8.50. The van der Waals surface area contributed by atoms with E-state index in [4.69, 9.17) is 0 Å². The Balaban J connectivity index is 2.74. The van der Waals surface area contributed by atoms with Crippen molar-refractivity contribution in [1.29, 1.82) is 0 Å². The number of benzene rings is 1. The van der Waals surface area contributed by atoms with Crippen LogP contribution < -0.4 is 5.32 Å². The molecule has 1 heterocycles. The number of carbonyl (C=O) groups excluding carboxylic acids is 1. The molecule has 0 fully saturated rings. The van der Waals surface area contributed by atoms with Crippen molar-refractivity contribution in [3.05, 3.63) is 42.1 Å². The fourth-order valence-corrected chi connectivity index (χ4v) is 1.68. The van der Waals surface area contributed by atoms with Gasteiger partial charge in [-0.15, -0.1) is 0 Å². The van der Waals surface area contributed by atoms with Crippen molar-refractivity contribution in [2.75, 3.05) is 7.05 Å². The molecule has 0 aliphatic heterocycles. The second-order valence-electron chi connectivity index (χ2n) is 3.24. The summed E-state index contributed by atoms with van der Waals surface area (Å²) in [6.07, 6.45) is 1.70. The fraction of sp³-hybridized carbons (Fsp3) is 0.0833. The molecule has 0 saturated carbocycles. The summed E-state index contributed by atoms with van der Waals surface area (Å²) in [4.78, 5) is 14.7. The number of aromatic nitrogens is 1. The lowest BCUT2D eigenvalue weighted by atomic mass is 10.1. The number of fused-ring (bicyclic) bond motifs is 1. The van der Waals surface area contributed by atoms with E-state index in [-0.39, 0.29) is 5.91 Å². The van der Waals surface area contributed by atoms with Gasteiger partial charge in [-0.2, -0.15) is 0 Å². The first-order valence-corrected chi connectivity index (χ1v) is 4.73. The molecule has 0 spiro atoms. The first kappa shape index (κ1) is 9.52. The second kappa shape index (κ2) is 3.61. The summed E-state index contributed by atoms with van der Waals surface area (Å²) in [7, 11) is 1.61. The molecule has 0 saturated heterocycles. The third-order valence-corrected chi connectivity index (χ3v) is 2.40. The molecular formula is C12H12N2O. The molecule has 2 N–H and O–H groups in total. The van der Waals surface area contributed by atoms with E-state index in [0.717, 1.165) is 16.5 Å². The average molecular weight is 200 g/mol. The van der Waals surface area contributed by atoms with Gasteiger partial charge in [-0.25, -0.2) is 0 Å². The Labute approximate surface area is 87.8 Å². The number of rotatable bonds is 2. The van der Waals surface area contributed by atoms with Gasteiger partial charge in [-0.05, 0) is 6.07 Å². The van der Waals surface area contributed by atoms with E-state index >= 15 is 0 Å². The number of carbonyl (C=O) groups is 1. The molecule has 3 heteroatoms. The maximum atomic E-state index is 11.6. The van der Waals surface area contributed by atoms with Crippen LogP contribution >= 0.6 is 0 Å². The smallest absolute Gasteiger partial charge is 0.268 e. The van der Waals surface area contributed by atoms with Crippen molar-refractivity contribution >= 4 is 22.9 Å². The Morgan fingerprint density at radius 1 is 1.47 bits per heavy atom. The molecular weight excluding hydrogens is 188 g/mol. The van der Waals surface area contributed by atoms with Crippen LogP contribution in [-0.4, -0.2) is 17.9 Å². The van der Waals surface area contributed by atoms with Crippen LogP contribution in [0.3, 0.4) is 0 Å². The molecule has 1 amide bonds. The topological polar surface area (TPSA) is 44.9 Å². The van der Waals surface area contributed by atoms with Crippen molar-refractivity contribution in [3.8, 4) is 0 Å². The van der Waals surface area contributed by atoms with Crippen LogP contribution in [0.2, 0.25) is 0 Å². The molecule has 2 rings (SSSR count). The van der Waals surface area contributed by atoms with Gasteiger partial charge in [0.05, 0.1) is 0 Å². The van der Waals surface area contributed by atoms with Gasteiger partial charge in [0.25, 0.3) is 5.91 Å². The van der Waals surface area contributed by atoms with Gasteiger partial charge in [-0.1, -0.05) is 30.9 Å². The van der Waals surface area contributed by atoms with Gasteiger partial charge in [0, 0.05) is 23.5 Å². The van der Waals surface area contributed by atoms with Crippen molar-refractivity contribution in [3.63, 3.8) is 0 Å². The third kappa shape index (κ3) is 1.42. The first-order valence-electron chi connectivity index (χ1n) is 4.73. The van der Waals surface area contributed by atoms with Gasteiger partial charge >= 0.3 is 0 Å². The monoisotopic (exact) mass is 200 g/mol. The van der Waals surface area contributed by atoms with Crippen LogP contribution in [0, 0.1) is 0 Å². The highest BCUT2D eigenvalue weighted by Gasteiger charge is 2.13. The van der Waals surface area contributed by atoms with Gasteiger partial charge in [0.2, 0.25) is 0 Å². The van der Waals surface area contributed by atoms with Crippen LogP contribution in [0.15, 0.2) is 30.8 Å². The SMILES string of the molecule is C=Cc1c(C(=O)NC)[nH]c2ccccc12. The Morgan fingerprint density at radius 3 is 2.87 bits per heavy atom. The highest BCUT2D eigenvalue weighted by Crippen LogP contribution is 2.23. The fourth-order valence-electron chi connectivity index (χ4n) is 1.68. The summed E-state index contributed by atoms with van der Waals surface area (Å²) < 4.78 is 0. The Hall–Kier alpha value is -2.03. The minimum absolute atomic E-state index is 0.124. The Kier molecular flexibility index (Phi) is 2.29. The van der Waals surface area contributed by atoms with Crippen molar-refractivity contribution in [2.45, 2.75) is 0 Å². The van der Waals surface area contributed by atoms with Gasteiger partial charge < -0.3 is 10.3 Å². The lowest BCUT2D eigenvalue weighted by molar-refractivity contribution is 0.0959. The normalized spacial score (nSPS) is 10.2. The number of H-pyrrole nitrogens is 1. The summed E-state index contributed by atoms with van der Waals surface area (Å²) in [5.74, 6) is -0.124. The summed E-state index contributed by atoms with van der Waals surface area (Å²) in [6.45, 7) is 3.73. The number of nitrogens with one attached hydrogen (secondary N) is 2. The molecule has 1 aromatic heterocycles. The number of hydrogen-bond donors (Lipinski definition) is 2. The summed E-state index contributed by atoms with van der Waals surface area (Å²) >= 11 is 0. The van der Waals surface area contributed by atoms with E-state index in [9.17, 15) is 4.79 Å². The largest absolute Gasteiger partial charge is 0.354 e. The van der Waals surface area contributed by atoms with E-state index in [1.54, 1.807) is 13.1 Å².